The molecule has 1 fully saturated rings. The van der Waals surface area contributed by atoms with Crippen LogP contribution in [0, 0.1) is 5.82 Å². The predicted molar refractivity (Wildman–Crippen MR) is 132 cm³/mol. The second-order valence-corrected chi connectivity index (χ2v) is 14.7. The SMILES string of the molecule is CN(C(=O)CCCc1ncc(Oc2cccc(F)c2)s1)c1cccc(CN2CS2(C)(C)=O)c1. The minimum Gasteiger partial charge on any atom is -0.445 e. The predicted octanol–water partition coefficient (Wildman–Crippen LogP) is 4.83. The Morgan fingerprint density at radius 1 is 1.24 bits per heavy atom. The summed E-state index contributed by atoms with van der Waals surface area (Å²) < 4.78 is 33.5. The molecular formula is C24H28FN3O3S2. The molecule has 33 heavy (non-hydrogen) atoms. The zero-order valence-corrected chi connectivity index (χ0v) is 20.6. The lowest BCUT2D eigenvalue weighted by molar-refractivity contribution is -0.118. The number of amides is 1. The van der Waals surface area contributed by atoms with Gasteiger partial charge in [0.1, 0.15) is 11.6 Å². The molecular weight excluding hydrogens is 461 g/mol. The first-order chi connectivity index (χ1) is 15.6. The average molecular weight is 490 g/mol. The van der Waals surface area contributed by atoms with E-state index in [4.69, 9.17) is 4.74 Å². The number of hydrogen-bond acceptors (Lipinski definition) is 5. The fraction of sp³-hybridized carbons (Fsp3) is 0.333. The summed E-state index contributed by atoms with van der Waals surface area (Å²) in [5, 5.41) is 1.46. The maximum Gasteiger partial charge on any atom is 0.226 e. The highest BCUT2D eigenvalue weighted by atomic mass is 32.3. The van der Waals surface area contributed by atoms with Gasteiger partial charge in [0.25, 0.3) is 0 Å². The smallest absolute Gasteiger partial charge is 0.226 e. The van der Waals surface area contributed by atoms with Crippen LogP contribution in [0.2, 0.25) is 0 Å². The largest absolute Gasteiger partial charge is 0.445 e. The van der Waals surface area contributed by atoms with Crippen LogP contribution in [0.1, 0.15) is 23.4 Å². The highest BCUT2D eigenvalue weighted by Crippen LogP contribution is 2.41. The molecule has 1 amide bonds. The molecule has 0 N–H and O–H groups in total. The number of carbonyl (C=O) groups is 1. The van der Waals surface area contributed by atoms with Gasteiger partial charge in [-0.2, -0.15) is 0 Å². The van der Waals surface area contributed by atoms with Crippen molar-refractivity contribution in [3.8, 4) is 10.8 Å². The Bertz CT molecular complexity index is 1240. The Kier molecular flexibility index (Phi) is 6.39. The zero-order chi connectivity index (χ0) is 23.7. The van der Waals surface area contributed by atoms with E-state index in [0.29, 0.717) is 42.5 Å². The van der Waals surface area contributed by atoms with Crippen molar-refractivity contribution >= 4 is 32.2 Å². The summed E-state index contributed by atoms with van der Waals surface area (Å²) in [6.45, 7) is 0.623. The molecule has 0 aliphatic carbocycles. The lowest BCUT2D eigenvalue weighted by Gasteiger charge is -2.19. The van der Waals surface area contributed by atoms with Gasteiger partial charge in [-0.25, -0.2) is 13.7 Å². The van der Waals surface area contributed by atoms with Crippen LogP contribution in [0.25, 0.3) is 0 Å². The van der Waals surface area contributed by atoms with E-state index >= 15 is 0 Å². The fourth-order valence-electron chi connectivity index (χ4n) is 3.51. The second kappa shape index (κ2) is 8.96. The third-order valence-electron chi connectivity index (χ3n) is 5.60. The average Bonchev–Trinajstić information content (AvgIpc) is 3.06. The Morgan fingerprint density at radius 2 is 2.00 bits per heavy atom. The molecule has 2 heterocycles. The summed E-state index contributed by atoms with van der Waals surface area (Å²) in [6, 6.07) is 13.8. The van der Waals surface area contributed by atoms with Crippen molar-refractivity contribution in [1.82, 2.24) is 9.29 Å². The molecule has 1 atom stereocenters. The molecule has 176 valence electrons. The van der Waals surface area contributed by atoms with Gasteiger partial charge < -0.3 is 9.64 Å². The maximum absolute atomic E-state index is 13.3. The number of carbonyl (C=O) groups excluding carboxylic acids is 1. The molecule has 1 unspecified atom stereocenters. The molecule has 1 aromatic heterocycles. The van der Waals surface area contributed by atoms with Crippen LogP contribution in [0.15, 0.2) is 54.7 Å². The lowest BCUT2D eigenvalue weighted by atomic mass is 10.1. The van der Waals surface area contributed by atoms with E-state index < -0.39 is 9.25 Å². The molecule has 9 heteroatoms. The molecule has 1 aliphatic heterocycles. The third kappa shape index (κ3) is 6.04. The summed E-state index contributed by atoms with van der Waals surface area (Å²) in [7, 11) is -0.784. The van der Waals surface area contributed by atoms with Crippen LogP contribution >= 0.6 is 11.3 Å². The fourth-order valence-corrected chi connectivity index (χ4v) is 6.51. The third-order valence-corrected chi connectivity index (χ3v) is 9.16. The molecule has 0 bridgehead atoms. The Morgan fingerprint density at radius 3 is 2.73 bits per heavy atom. The van der Waals surface area contributed by atoms with E-state index in [0.717, 1.165) is 16.3 Å². The van der Waals surface area contributed by atoms with E-state index in [2.05, 4.69) is 4.98 Å². The molecule has 1 saturated heterocycles. The summed E-state index contributed by atoms with van der Waals surface area (Å²) in [5.41, 5.74) is 1.87. The maximum atomic E-state index is 13.3. The standard InChI is InChI=1S/C24H28FN3O3S2/c1-27(20-9-4-7-18(13-20)16-28-17-33(28,2,3)30)23(29)12-6-11-22-26-15-24(32-22)31-21-10-5-8-19(25)14-21/h4-5,7-10,13-15H,6,11-12,16-17H2,1-3H3. The van der Waals surface area contributed by atoms with Crippen LogP contribution in [-0.4, -0.2) is 44.8 Å². The number of anilines is 1. The van der Waals surface area contributed by atoms with Gasteiger partial charge >= 0.3 is 0 Å². The number of hydrogen-bond donors (Lipinski definition) is 0. The highest BCUT2D eigenvalue weighted by Gasteiger charge is 2.49. The summed E-state index contributed by atoms with van der Waals surface area (Å²) in [4.78, 5) is 18.7. The first kappa shape index (κ1) is 23.5. The number of halogens is 1. The van der Waals surface area contributed by atoms with Gasteiger partial charge in [-0.3, -0.25) is 9.00 Å². The first-order valence-corrected chi connectivity index (χ1v) is 14.4. The van der Waals surface area contributed by atoms with Crippen molar-refractivity contribution in [3.05, 3.63) is 71.1 Å². The van der Waals surface area contributed by atoms with Gasteiger partial charge in [-0.15, -0.1) is 0 Å². The number of benzene rings is 2. The second-order valence-electron chi connectivity index (χ2n) is 8.88. The molecule has 4 rings (SSSR count). The summed E-state index contributed by atoms with van der Waals surface area (Å²) in [5.74, 6) is 0.732. The summed E-state index contributed by atoms with van der Waals surface area (Å²) in [6.07, 6.45) is 6.97. The van der Waals surface area contributed by atoms with Crippen molar-refractivity contribution in [2.75, 3.05) is 30.3 Å². The van der Waals surface area contributed by atoms with E-state index in [9.17, 15) is 13.4 Å². The van der Waals surface area contributed by atoms with E-state index in [-0.39, 0.29) is 11.7 Å². The van der Waals surface area contributed by atoms with Gasteiger partial charge in [0.2, 0.25) is 11.0 Å². The van der Waals surface area contributed by atoms with Crippen molar-refractivity contribution in [2.24, 2.45) is 0 Å². The zero-order valence-electron chi connectivity index (χ0n) is 19.0. The van der Waals surface area contributed by atoms with Gasteiger partial charge in [-0.05, 0) is 51.9 Å². The summed E-state index contributed by atoms with van der Waals surface area (Å²) >= 11 is 1.39. The Labute approximate surface area is 197 Å². The molecule has 0 radical (unpaired) electrons. The topological polar surface area (TPSA) is 62.5 Å². The van der Waals surface area contributed by atoms with Crippen molar-refractivity contribution in [3.63, 3.8) is 0 Å². The van der Waals surface area contributed by atoms with E-state index in [1.54, 1.807) is 30.3 Å². The van der Waals surface area contributed by atoms with Crippen LogP contribution in [0.4, 0.5) is 10.1 Å². The van der Waals surface area contributed by atoms with Gasteiger partial charge in [0.15, 0.2) is 0 Å². The molecule has 6 nitrogen and oxygen atoms in total. The number of rotatable bonds is 9. The van der Waals surface area contributed by atoms with Gasteiger partial charge in [0.05, 0.1) is 17.1 Å². The number of nitrogens with zero attached hydrogens (tertiary/aromatic N) is 3. The molecule has 2 aromatic carbocycles. The monoisotopic (exact) mass is 489 g/mol. The van der Waals surface area contributed by atoms with Crippen LogP contribution in [0.5, 0.6) is 10.8 Å². The minimum atomic E-state index is -2.56. The molecule has 1 aliphatic rings. The lowest BCUT2D eigenvalue weighted by Crippen LogP contribution is -2.26. The van der Waals surface area contributed by atoms with Crippen molar-refractivity contribution in [2.45, 2.75) is 25.8 Å². The Hall–Kier alpha value is -2.62. The van der Waals surface area contributed by atoms with Gasteiger partial charge in [-0.1, -0.05) is 29.5 Å². The van der Waals surface area contributed by atoms with Crippen LogP contribution < -0.4 is 9.64 Å². The van der Waals surface area contributed by atoms with Crippen molar-refractivity contribution in [1.29, 1.82) is 0 Å². The van der Waals surface area contributed by atoms with Crippen LogP contribution in [-0.2, 0) is 27.0 Å². The number of ether oxygens (including phenoxy) is 1. The highest BCUT2D eigenvalue weighted by molar-refractivity contribution is 8.22. The number of aryl methyl sites for hydroxylation is 1. The van der Waals surface area contributed by atoms with Gasteiger partial charge in [0, 0.05) is 44.3 Å². The van der Waals surface area contributed by atoms with E-state index in [1.165, 1.54) is 23.5 Å². The quantitative estimate of drug-likeness (QED) is 0.404. The molecule has 3 aromatic rings. The minimum absolute atomic E-state index is 0.0274. The van der Waals surface area contributed by atoms with Crippen LogP contribution in [0.3, 0.4) is 0 Å². The Balaban J connectivity index is 1.27. The van der Waals surface area contributed by atoms with E-state index in [1.807, 2.05) is 41.1 Å². The molecule has 0 spiro atoms. The van der Waals surface area contributed by atoms with Crippen molar-refractivity contribution < 1.29 is 18.1 Å². The first-order valence-electron chi connectivity index (χ1n) is 10.7. The number of thiazole rings is 1. The normalized spacial score (nSPS) is 19.3. The molecule has 0 saturated carbocycles. The number of aromatic nitrogens is 1.